The summed E-state index contributed by atoms with van der Waals surface area (Å²) in [4.78, 5) is 6.69. The van der Waals surface area contributed by atoms with Crippen molar-refractivity contribution in [2.45, 2.75) is 25.9 Å². The van der Waals surface area contributed by atoms with Crippen LogP contribution in [0.1, 0.15) is 24.9 Å². The maximum atomic E-state index is 5.36. The molecular weight excluding hydrogens is 262 g/mol. The molecular formula is C17H23N3O. The van der Waals surface area contributed by atoms with E-state index in [-0.39, 0.29) is 0 Å². The van der Waals surface area contributed by atoms with Crippen LogP contribution >= 0.6 is 0 Å². The second-order valence-corrected chi connectivity index (χ2v) is 5.93. The lowest BCUT2D eigenvalue weighted by atomic mass is 10.0. The number of hydrogen-bond donors (Lipinski definition) is 0. The van der Waals surface area contributed by atoms with Crippen molar-refractivity contribution >= 4 is 0 Å². The van der Waals surface area contributed by atoms with Gasteiger partial charge in [0.2, 0.25) is 0 Å². The molecule has 0 saturated carbocycles. The third-order valence-corrected chi connectivity index (χ3v) is 4.30. The molecule has 0 radical (unpaired) electrons. The van der Waals surface area contributed by atoms with Gasteiger partial charge in [-0.15, -0.1) is 0 Å². The highest BCUT2D eigenvalue weighted by atomic mass is 16.5. The Balaban J connectivity index is 1.72. The van der Waals surface area contributed by atoms with Crippen LogP contribution in [0.25, 0.3) is 0 Å². The predicted molar refractivity (Wildman–Crippen MR) is 83.3 cm³/mol. The van der Waals surface area contributed by atoms with Gasteiger partial charge in [0, 0.05) is 38.1 Å². The van der Waals surface area contributed by atoms with E-state index in [0.717, 1.165) is 31.3 Å². The Morgan fingerprint density at radius 2 is 2.24 bits per heavy atom. The number of likely N-dealkylation sites (tertiary alicyclic amines) is 1. The Labute approximate surface area is 126 Å². The van der Waals surface area contributed by atoms with E-state index >= 15 is 0 Å². The average Bonchev–Trinajstić information content (AvgIpc) is 3.14. The summed E-state index contributed by atoms with van der Waals surface area (Å²) >= 11 is 0. The van der Waals surface area contributed by atoms with Crippen molar-refractivity contribution in [1.29, 1.82) is 0 Å². The summed E-state index contributed by atoms with van der Waals surface area (Å²) in [5.74, 6) is 1.69. The normalized spacial score (nSPS) is 22.6. The van der Waals surface area contributed by atoms with E-state index in [0.29, 0.717) is 6.04 Å². The lowest BCUT2D eigenvalue weighted by molar-refractivity contribution is 0.243. The molecule has 1 aliphatic heterocycles. The molecule has 2 aromatic rings. The van der Waals surface area contributed by atoms with Gasteiger partial charge in [-0.05, 0) is 30.0 Å². The number of ether oxygens (including phenoxy) is 1. The van der Waals surface area contributed by atoms with Gasteiger partial charge in [-0.25, -0.2) is 4.98 Å². The summed E-state index contributed by atoms with van der Waals surface area (Å²) in [7, 11) is 1.73. The van der Waals surface area contributed by atoms with Gasteiger partial charge in [-0.1, -0.05) is 19.1 Å². The number of nitrogens with zero attached hydrogens (tertiary/aromatic N) is 3. The number of rotatable bonds is 5. The standard InChI is InChI=1S/C17H23N3O/c1-14-10-17(15-4-3-5-16(11-15)21-2)20(12-14)9-8-19-7-6-18-13-19/h3-7,11,13-14,17H,8-10,12H2,1-2H3/t14-,17+/m1/s1. The summed E-state index contributed by atoms with van der Waals surface area (Å²) in [6, 6.07) is 8.99. The molecule has 1 aromatic heterocycles. The Kier molecular flexibility index (Phi) is 4.25. The van der Waals surface area contributed by atoms with Crippen LogP contribution in [-0.4, -0.2) is 34.7 Å². The van der Waals surface area contributed by atoms with Crippen molar-refractivity contribution < 1.29 is 4.74 Å². The smallest absolute Gasteiger partial charge is 0.119 e. The van der Waals surface area contributed by atoms with Crippen LogP contribution < -0.4 is 4.74 Å². The predicted octanol–water partition coefficient (Wildman–Crippen LogP) is 2.97. The molecule has 1 aliphatic rings. The molecule has 0 bridgehead atoms. The van der Waals surface area contributed by atoms with Gasteiger partial charge in [0.15, 0.2) is 0 Å². The van der Waals surface area contributed by atoms with Crippen LogP contribution in [0.4, 0.5) is 0 Å². The van der Waals surface area contributed by atoms with Crippen molar-refractivity contribution in [3.05, 3.63) is 48.5 Å². The molecule has 1 saturated heterocycles. The summed E-state index contributed by atoms with van der Waals surface area (Å²) < 4.78 is 7.51. The van der Waals surface area contributed by atoms with Gasteiger partial charge in [-0.3, -0.25) is 4.90 Å². The summed E-state index contributed by atoms with van der Waals surface area (Å²) in [6.07, 6.45) is 6.98. The quantitative estimate of drug-likeness (QED) is 0.846. The SMILES string of the molecule is COc1cccc([C@@H]2C[C@@H](C)CN2CCn2ccnc2)c1. The van der Waals surface area contributed by atoms with E-state index in [2.05, 4.69) is 39.6 Å². The molecule has 0 unspecified atom stereocenters. The number of hydrogen-bond acceptors (Lipinski definition) is 3. The Morgan fingerprint density at radius 3 is 3.00 bits per heavy atom. The number of aromatic nitrogens is 2. The molecule has 1 fully saturated rings. The first-order valence-electron chi connectivity index (χ1n) is 7.60. The van der Waals surface area contributed by atoms with E-state index in [1.807, 2.05) is 24.8 Å². The topological polar surface area (TPSA) is 30.3 Å². The number of imidazole rings is 1. The second kappa shape index (κ2) is 6.31. The van der Waals surface area contributed by atoms with Crippen molar-refractivity contribution in [2.75, 3.05) is 20.2 Å². The molecule has 2 heterocycles. The van der Waals surface area contributed by atoms with Crippen LogP contribution in [0.15, 0.2) is 43.0 Å². The molecule has 0 amide bonds. The maximum Gasteiger partial charge on any atom is 0.119 e. The highest BCUT2D eigenvalue weighted by molar-refractivity contribution is 5.31. The highest BCUT2D eigenvalue weighted by Crippen LogP contribution is 2.36. The van der Waals surface area contributed by atoms with Gasteiger partial charge in [0.1, 0.15) is 5.75 Å². The minimum atomic E-state index is 0.499. The van der Waals surface area contributed by atoms with Crippen LogP contribution in [0.5, 0.6) is 5.75 Å². The summed E-state index contributed by atoms with van der Waals surface area (Å²) in [5.41, 5.74) is 1.37. The first-order chi connectivity index (χ1) is 10.3. The Bertz CT molecular complexity index is 567. The fourth-order valence-corrected chi connectivity index (χ4v) is 3.24. The molecule has 1 aromatic carbocycles. The number of benzene rings is 1. The third kappa shape index (κ3) is 3.27. The van der Waals surface area contributed by atoms with Gasteiger partial charge in [0.25, 0.3) is 0 Å². The third-order valence-electron chi connectivity index (χ3n) is 4.30. The maximum absolute atomic E-state index is 5.36. The zero-order chi connectivity index (χ0) is 14.7. The minimum absolute atomic E-state index is 0.499. The van der Waals surface area contributed by atoms with Gasteiger partial charge in [-0.2, -0.15) is 0 Å². The largest absolute Gasteiger partial charge is 0.497 e. The van der Waals surface area contributed by atoms with E-state index in [4.69, 9.17) is 4.74 Å². The summed E-state index contributed by atoms with van der Waals surface area (Å²) in [5, 5.41) is 0. The minimum Gasteiger partial charge on any atom is -0.497 e. The first kappa shape index (κ1) is 14.1. The van der Waals surface area contributed by atoms with Crippen molar-refractivity contribution in [2.24, 2.45) is 5.92 Å². The van der Waals surface area contributed by atoms with E-state index in [1.54, 1.807) is 7.11 Å². The van der Waals surface area contributed by atoms with Crippen molar-refractivity contribution in [1.82, 2.24) is 14.5 Å². The van der Waals surface area contributed by atoms with Gasteiger partial charge in [0.05, 0.1) is 13.4 Å². The molecule has 0 aliphatic carbocycles. The lowest BCUT2D eigenvalue weighted by Gasteiger charge is -2.25. The zero-order valence-corrected chi connectivity index (χ0v) is 12.8. The van der Waals surface area contributed by atoms with E-state index in [9.17, 15) is 0 Å². The number of methoxy groups -OCH3 is 1. The van der Waals surface area contributed by atoms with Gasteiger partial charge >= 0.3 is 0 Å². The average molecular weight is 285 g/mol. The molecule has 112 valence electrons. The molecule has 2 atom stereocenters. The van der Waals surface area contributed by atoms with Crippen LogP contribution in [0, 0.1) is 5.92 Å². The molecule has 21 heavy (non-hydrogen) atoms. The summed E-state index contributed by atoms with van der Waals surface area (Å²) in [6.45, 7) is 5.55. The second-order valence-electron chi connectivity index (χ2n) is 5.93. The molecule has 4 heteroatoms. The van der Waals surface area contributed by atoms with Crippen LogP contribution in [0.2, 0.25) is 0 Å². The highest BCUT2D eigenvalue weighted by Gasteiger charge is 2.30. The van der Waals surface area contributed by atoms with E-state index in [1.165, 1.54) is 12.0 Å². The molecule has 3 rings (SSSR count). The Morgan fingerprint density at radius 1 is 1.33 bits per heavy atom. The first-order valence-corrected chi connectivity index (χ1v) is 7.60. The monoisotopic (exact) mass is 285 g/mol. The fourth-order valence-electron chi connectivity index (χ4n) is 3.24. The molecule has 0 spiro atoms. The van der Waals surface area contributed by atoms with E-state index < -0.39 is 0 Å². The van der Waals surface area contributed by atoms with Gasteiger partial charge < -0.3 is 9.30 Å². The van der Waals surface area contributed by atoms with Crippen molar-refractivity contribution in [3.8, 4) is 5.75 Å². The Hall–Kier alpha value is -1.81. The molecule has 0 N–H and O–H groups in total. The fraction of sp³-hybridized carbons (Fsp3) is 0.471. The van der Waals surface area contributed by atoms with Crippen LogP contribution in [0.3, 0.4) is 0 Å². The molecule has 4 nitrogen and oxygen atoms in total. The van der Waals surface area contributed by atoms with Crippen LogP contribution in [-0.2, 0) is 6.54 Å². The zero-order valence-electron chi connectivity index (χ0n) is 12.8. The lowest BCUT2D eigenvalue weighted by Crippen LogP contribution is -2.27. The van der Waals surface area contributed by atoms with Crippen molar-refractivity contribution in [3.63, 3.8) is 0 Å².